The number of carbonyl (C=O) groups excluding carboxylic acids is 1. The minimum Gasteiger partial charge on any atom is -0.464 e. The molecule has 15 heavy (non-hydrogen) atoms. The van der Waals surface area contributed by atoms with Crippen molar-refractivity contribution in [1.29, 1.82) is 0 Å². The van der Waals surface area contributed by atoms with Crippen molar-refractivity contribution >= 4 is 16.3 Å². The lowest BCUT2D eigenvalue weighted by Crippen LogP contribution is -2.20. The number of nitrogens with two attached hydrogens (primary N) is 1. The summed E-state index contributed by atoms with van der Waals surface area (Å²) in [4.78, 5) is 11.0. The maximum Gasteiger partial charge on any atom is 0.381 e. The van der Waals surface area contributed by atoms with E-state index in [4.69, 9.17) is 0 Å². The van der Waals surface area contributed by atoms with Crippen LogP contribution in [0, 0.1) is 0 Å². The second-order valence-electron chi connectivity index (χ2n) is 2.56. The Balaban J connectivity index is 3.02. The van der Waals surface area contributed by atoms with Crippen LogP contribution >= 0.6 is 0 Å². The molecule has 0 aromatic carbocycles. The maximum atomic E-state index is 11.0. The average molecular weight is 235 g/mol. The number of hydrogen-bond donors (Lipinski definition) is 1. The van der Waals surface area contributed by atoms with Gasteiger partial charge in [0.1, 0.15) is 0 Å². The monoisotopic (exact) mass is 235 g/mol. The van der Waals surface area contributed by atoms with E-state index < -0.39 is 16.3 Å². The van der Waals surface area contributed by atoms with Crippen LogP contribution in [0.25, 0.3) is 0 Å². The number of ether oxygens (including phenoxy) is 1. The van der Waals surface area contributed by atoms with E-state index in [9.17, 15) is 13.2 Å². The molecule has 0 spiro atoms. The summed E-state index contributed by atoms with van der Waals surface area (Å²) in [5.74, 6) is -0.868. The predicted octanol–water partition coefficient (Wildman–Crippen LogP) is -1.21. The van der Waals surface area contributed by atoms with Gasteiger partial charge in [-0.3, -0.25) is 0 Å². The molecule has 0 aliphatic carbocycles. The Morgan fingerprint density at radius 3 is 2.67 bits per heavy atom. The van der Waals surface area contributed by atoms with Gasteiger partial charge in [0.2, 0.25) is 5.88 Å². The molecule has 0 bridgehead atoms. The van der Waals surface area contributed by atoms with Crippen LogP contribution in [0.1, 0.15) is 10.5 Å². The van der Waals surface area contributed by atoms with Crippen LogP contribution in [-0.2, 0) is 22.1 Å². The van der Waals surface area contributed by atoms with Crippen molar-refractivity contribution in [3.8, 4) is 5.88 Å². The van der Waals surface area contributed by atoms with Crippen LogP contribution in [-0.4, -0.2) is 31.3 Å². The first-order chi connectivity index (χ1) is 6.83. The Morgan fingerprint density at radius 2 is 2.20 bits per heavy atom. The Hall–Kier alpha value is -1.61. The van der Waals surface area contributed by atoms with E-state index in [-0.39, 0.29) is 11.6 Å². The van der Waals surface area contributed by atoms with Crippen LogP contribution in [0.15, 0.2) is 6.07 Å². The highest BCUT2D eigenvalue weighted by Crippen LogP contribution is 2.13. The van der Waals surface area contributed by atoms with Gasteiger partial charge < -0.3 is 8.92 Å². The average Bonchev–Trinajstić information content (AvgIpc) is 2.44. The minimum absolute atomic E-state index is 0.0707. The Labute approximate surface area is 85.8 Å². The van der Waals surface area contributed by atoms with Crippen LogP contribution in [0.3, 0.4) is 0 Å². The van der Waals surface area contributed by atoms with Crippen molar-refractivity contribution in [1.82, 2.24) is 9.78 Å². The number of aryl methyl sites for hydroxylation is 1. The van der Waals surface area contributed by atoms with Crippen molar-refractivity contribution in [3.05, 3.63) is 11.8 Å². The summed E-state index contributed by atoms with van der Waals surface area (Å²) in [7, 11) is -1.56. The molecular formula is C6H9N3O5S. The lowest BCUT2D eigenvalue weighted by atomic mass is 10.4. The number of aromatic nitrogens is 2. The predicted molar refractivity (Wildman–Crippen MR) is 48.3 cm³/mol. The van der Waals surface area contributed by atoms with E-state index >= 15 is 0 Å². The third kappa shape index (κ3) is 2.92. The van der Waals surface area contributed by atoms with Gasteiger partial charge in [0, 0.05) is 13.1 Å². The molecule has 0 fully saturated rings. The highest BCUT2D eigenvalue weighted by Gasteiger charge is 2.16. The number of rotatable bonds is 3. The minimum atomic E-state index is -4.13. The first kappa shape index (κ1) is 11.5. The summed E-state index contributed by atoms with van der Waals surface area (Å²) >= 11 is 0. The molecule has 0 aliphatic rings. The number of nitrogens with zero attached hydrogens (tertiary/aromatic N) is 2. The fourth-order valence-corrected chi connectivity index (χ4v) is 1.25. The van der Waals surface area contributed by atoms with E-state index in [1.165, 1.54) is 14.2 Å². The van der Waals surface area contributed by atoms with Gasteiger partial charge in [0.15, 0.2) is 5.69 Å². The number of methoxy groups -OCH3 is 1. The SMILES string of the molecule is COC(=O)c1cc(OS(N)(=O)=O)n(C)n1. The quantitative estimate of drug-likeness (QED) is 0.657. The van der Waals surface area contributed by atoms with E-state index in [1.54, 1.807) is 0 Å². The molecule has 0 saturated heterocycles. The van der Waals surface area contributed by atoms with Gasteiger partial charge in [-0.1, -0.05) is 0 Å². The lowest BCUT2D eigenvalue weighted by Gasteiger charge is -1.99. The smallest absolute Gasteiger partial charge is 0.381 e. The first-order valence-corrected chi connectivity index (χ1v) is 5.15. The molecule has 1 heterocycles. The van der Waals surface area contributed by atoms with Gasteiger partial charge in [0.05, 0.1) is 7.11 Å². The van der Waals surface area contributed by atoms with Gasteiger partial charge in [-0.25, -0.2) is 9.48 Å². The topological polar surface area (TPSA) is 114 Å². The van der Waals surface area contributed by atoms with Gasteiger partial charge in [-0.05, 0) is 0 Å². The molecule has 0 radical (unpaired) electrons. The zero-order valence-electron chi connectivity index (χ0n) is 8.00. The molecule has 0 saturated carbocycles. The first-order valence-electron chi connectivity index (χ1n) is 3.68. The van der Waals surface area contributed by atoms with Crippen molar-refractivity contribution in [2.75, 3.05) is 7.11 Å². The van der Waals surface area contributed by atoms with E-state index in [1.807, 2.05) is 0 Å². The maximum absolute atomic E-state index is 11.0. The molecule has 0 amide bonds. The summed E-state index contributed by atoms with van der Waals surface area (Å²) in [5.41, 5.74) is -0.0707. The largest absolute Gasteiger partial charge is 0.464 e. The van der Waals surface area contributed by atoms with Crippen LogP contribution in [0.4, 0.5) is 0 Å². The van der Waals surface area contributed by atoms with E-state index in [2.05, 4.69) is 19.2 Å². The van der Waals surface area contributed by atoms with Gasteiger partial charge in [0.25, 0.3) is 0 Å². The molecular weight excluding hydrogens is 226 g/mol. The van der Waals surface area contributed by atoms with Crippen LogP contribution in [0.5, 0.6) is 5.88 Å². The normalized spacial score (nSPS) is 11.1. The zero-order chi connectivity index (χ0) is 11.6. The molecule has 1 rings (SSSR count). The van der Waals surface area contributed by atoms with E-state index in [0.717, 1.165) is 10.7 Å². The summed E-state index contributed by atoms with van der Waals surface area (Å²) in [6.45, 7) is 0. The summed E-state index contributed by atoms with van der Waals surface area (Å²) < 4.78 is 31.0. The summed E-state index contributed by atoms with van der Waals surface area (Å²) in [6.07, 6.45) is 0. The fourth-order valence-electron chi connectivity index (χ4n) is 0.851. The van der Waals surface area contributed by atoms with Crippen LogP contribution in [0.2, 0.25) is 0 Å². The third-order valence-electron chi connectivity index (χ3n) is 1.43. The van der Waals surface area contributed by atoms with Crippen molar-refractivity contribution in [3.63, 3.8) is 0 Å². The van der Waals surface area contributed by atoms with Crippen molar-refractivity contribution in [2.24, 2.45) is 12.2 Å². The molecule has 84 valence electrons. The number of hydrogen-bond acceptors (Lipinski definition) is 6. The van der Waals surface area contributed by atoms with Gasteiger partial charge >= 0.3 is 16.3 Å². The zero-order valence-corrected chi connectivity index (χ0v) is 8.82. The Kier molecular flexibility index (Phi) is 2.95. The van der Waals surface area contributed by atoms with Gasteiger partial charge in [-0.15, -0.1) is 0 Å². The molecule has 8 nitrogen and oxygen atoms in total. The number of esters is 1. The van der Waals surface area contributed by atoms with Crippen molar-refractivity contribution < 1.29 is 22.1 Å². The molecule has 1 aromatic heterocycles. The summed E-state index contributed by atoms with van der Waals surface area (Å²) in [5, 5.41) is 8.31. The van der Waals surface area contributed by atoms with Gasteiger partial charge in [-0.2, -0.15) is 18.7 Å². The molecule has 1 aromatic rings. The lowest BCUT2D eigenvalue weighted by molar-refractivity contribution is 0.0593. The number of carbonyl (C=O) groups is 1. The molecule has 0 unspecified atom stereocenters. The molecule has 2 N–H and O–H groups in total. The second-order valence-corrected chi connectivity index (χ2v) is 3.71. The molecule has 0 atom stereocenters. The highest BCUT2D eigenvalue weighted by atomic mass is 32.2. The second kappa shape index (κ2) is 3.87. The van der Waals surface area contributed by atoms with Crippen LogP contribution < -0.4 is 9.32 Å². The fraction of sp³-hybridized carbons (Fsp3) is 0.333. The summed E-state index contributed by atoms with van der Waals surface area (Å²) in [6, 6.07) is 1.11. The Bertz CT molecular complexity index is 477. The standard InChI is InChI=1S/C6H9N3O5S/c1-9-5(14-15(7,11)12)3-4(8-9)6(10)13-2/h3H,1-2H3,(H2,7,11,12). The van der Waals surface area contributed by atoms with E-state index in [0.29, 0.717) is 0 Å². The van der Waals surface area contributed by atoms with Crippen molar-refractivity contribution in [2.45, 2.75) is 0 Å². The Morgan fingerprint density at radius 1 is 1.60 bits per heavy atom. The third-order valence-corrected chi connectivity index (χ3v) is 1.84. The molecule has 9 heteroatoms. The molecule has 0 aliphatic heterocycles. The highest BCUT2D eigenvalue weighted by molar-refractivity contribution is 7.84.